The molecule has 1 heterocycles. The highest BCUT2D eigenvalue weighted by Crippen LogP contribution is 2.39. The van der Waals surface area contributed by atoms with Crippen LogP contribution >= 0.6 is 12.4 Å². The third-order valence-corrected chi connectivity index (χ3v) is 3.57. The number of para-hydroxylation sites is 3. The van der Waals surface area contributed by atoms with Gasteiger partial charge in [-0.3, -0.25) is 0 Å². The molecule has 0 radical (unpaired) electrons. The molecule has 0 saturated carbocycles. The zero-order valence-electron chi connectivity index (χ0n) is 12.4. The quantitative estimate of drug-likeness (QED) is 0.918. The lowest BCUT2D eigenvalue weighted by Crippen LogP contribution is -2.18. The minimum absolute atomic E-state index is 0. The van der Waals surface area contributed by atoms with E-state index in [0.717, 1.165) is 30.1 Å². The number of hydrogen-bond donors (Lipinski definition) is 1. The first-order chi connectivity index (χ1) is 9.74. The van der Waals surface area contributed by atoms with Crippen molar-refractivity contribution in [2.24, 2.45) is 0 Å². The fourth-order valence-electron chi connectivity index (χ4n) is 2.52. The molecule has 0 saturated heterocycles. The molecule has 4 heteroatoms. The van der Waals surface area contributed by atoms with Crippen molar-refractivity contribution < 1.29 is 4.74 Å². The molecule has 0 bridgehead atoms. The van der Waals surface area contributed by atoms with Crippen LogP contribution in [0.4, 0.5) is 11.4 Å². The summed E-state index contributed by atoms with van der Waals surface area (Å²) in [5.74, 6) is 0.924. The van der Waals surface area contributed by atoms with Crippen molar-refractivity contribution in [2.45, 2.75) is 12.5 Å². The first-order valence-electron chi connectivity index (χ1n) is 7.00. The van der Waals surface area contributed by atoms with E-state index in [4.69, 9.17) is 4.74 Å². The molecule has 1 aliphatic heterocycles. The Morgan fingerprint density at radius 1 is 1.00 bits per heavy atom. The van der Waals surface area contributed by atoms with Crippen molar-refractivity contribution in [2.75, 3.05) is 26.0 Å². The molecule has 0 aromatic heterocycles. The third-order valence-electron chi connectivity index (χ3n) is 3.57. The minimum atomic E-state index is 0. The largest absolute Gasteiger partial charge is 0.483 e. The van der Waals surface area contributed by atoms with Crippen molar-refractivity contribution in [3.05, 3.63) is 54.1 Å². The molecule has 0 amide bonds. The second-order valence-electron chi connectivity index (χ2n) is 5.41. The Morgan fingerprint density at radius 3 is 2.43 bits per heavy atom. The van der Waals surface area contributed by atoms with Crippen LogP contribution < -0.4 is 10.1 Å². The van der Waals surface area contributed by atoms with Gasteiger partial charge in [0, 0.05) is 24.2 Å². The molecule has 3 rings (SSSR count). The lowest BCUT2D eigenvalue weighted by Gasteiger charge is -2.20. The Hall–Kier alpha value is -1.71. The third kappa shape index (κ3) is 3.49. The highest BCUT2D eigenvalue weighted by molar-refractivity contribution is 5.85. The van der Waals surface area contributed by atoms with Gasteiger partial charge in [0.15, 0.2) is 0 Å². The number of nitrogens with one attached hydrogen (secondary N) is 1. The van der Waals surface area contributed by atoms with Crippen LogP contribution in [0.2, 0.25) is 0 Å². The van der Waals surface area contributed by atoms with Crippen LogP contribution in [0.3, 0.4) is 0 Å². The number of halogens is 1. The predicted molar refractivity (Wildman–Crippen MR) is 90.0 cm³/mol. The van der Waals surface area contributed by atoms with E-state index in [0.29, 0.717) is 0 Å². The first-order valence-corrected chi connectivity index (χ1v) is 7.00. The van der Waals surface area contributed by atoms with E-state index in [1.54, 1.807) is 0 Å². The molecule has 0 aliphatic carbocycles. The van der Waals surface area contributed by atoms with Crippen LogP contribution in [0.1, 0.15) is 18.1 Å². The smallest absolute Gasteiger partial charge is 0.143 e. The highest BCUT2D eigenvalue weighted by atomic mass is 35.5. The number of ether oxygens (including phenoxy) is 1. The summed E-state index contributed by atoms with van der Waals surface area (Å²) in [6.07, 6.45) is 1.06. The number of fused-ring (bicyclic) bond motifs is 2. The summed E-state index contributed by atoms with van der Waals surface area (Å²) in [5, 5.41) is 3.48. The van der Waals surface area contributed by atoms with E-state index in [2.05, 4.69) is 54.6 Å². The summed E-state index contributed by atoms with van der Waals surface area (Å²) in [6, 6.07) is 16.5. The number of hydrogen-bond acceptors (Lipinski definition) is 3. The second kappa shape index (κ2) is 6.83. The Kier molecular flexibility index (Phi) is 5.10. The molecule has 3 nitrogen and oxygen atoms in total. The standard InChI is InChI=1S/C17H20N2O.ClH/c1-19(2)12-11-16-13-7-3-4-8-14(13)18-15-9-5-6-10-17(15)20-16;/h3-10,16,18H,11-12H2,1-2H3;1H. The van der Waals surface area contributed by atoms with Crippen molar-refractivity contribution in [3.63, 3.8) is 0 Å². The van der Waals surface area contributed by atoms with Gasteiger partial charge in [-0.05, 0) is 32.3 Å². The van der Waals surface area contributed by atoms with Gasteiger partial charge in [0.1, 0.15) is 11.9 Å². The van der Waals surface area contributed by atoms with Crippen molar-refractivity contribution in [1.82, 2.24) is 4.90 Å². The zero-order valence-corrected chi connectivity index (χ0v) is 13.2. The van der Waals surface area contributed by atoms with Gasteiger partial charge in [-0.15, -0.1) is 12.4 Å². The molecule has 0 spiro atoms. The highest BCUT2D eigenvalue weighted by Gasteiger charge is 2.22. The average molecular weight is 305 g/mol. The average Bonchev–Trinajstić information content (AvgIpc) is 2.61. The van der Waals surface area contributed by atoms with Crippen LogP contribution in [0.25, 0.3) is 0 Å². The lowest BCUT2D eigenvalue weighted by molar-refractivity contribution is 0.183. The predicted octanol–water partition coefficient (Wildman–Crippen LogP) is 4.24. The summed E-state index contributed by atoms with van der Waals surface area (Å²) in [4.78, 5) is 2.19. The fourth-order valence-corrected chi connectivity index (χ4v) is 2.52. The molecule has 1 aliphatic rings. The minimum Gasteiger partial charge on any atom is -0.483 e. The molecule has 0 fully saturated rings. The van der Waals surface area contributed by atoms with E-state index >= 15 is 0 Å². The van der Waals surface area contributed by atoms with E-state index in [-0.39, 0.29) is 18.5 Å². The molecular weight excluding hydrogens is 284 g/mol. The summed E-state index contributed by atoms with van der Waals surface area (Å²) < 4.78 is 6.24. The maximum Gasteiger partial charge on any atom is 0.143 e. The fraction of sp³-hybridized carbons (Fsp3) is 0.294. The number of anilines is 2. The van der Waals surface area contributed by atoms with Crippen LogP contribution in [-0.4, -0.2) is 25.5 Å². The molecule has 1 N–H and O–H groups in total. The van der Waals surface area contributed by atoms with E-state index < -0.39 is 0 Å². The Bertz CT molecular complexity index is 601. The Morgan fingerprint density at radius 2 is 1.67 bits per heavy atom. The van der Waals surface area contributed by atoms with Crippen LogP contribution in [0, 0.1) is 0 Å². The zero-order chi connectivity index (χ0) is 13.9. The Labute approximate surface area is 132 Å². The summed E-state index contributed by atoms with van der Waals surface area (Å²) >= 11 is 0. The SMILES string of the molecule is CN(C)CCC1Oc2ccccc2Nc2ccccc21.Cl. The summed E-state index contributed by atoms with van der Waals surface area (Å²) in [5.41, 5.74) is 3.40. The van der Waals surface area contributed by atoms with Crippen LogP contribution in [-0.2, 0) is 0 Å². The van der Waals surface area contributed by atoms with Gasteiger partial charge in [0.2, 0.25) is 0 Å². The summed E-state index contributed by atoms with van der Waals surface area (Å²) in [7, 11) is 4.18. The lowest BCUT2D eigenvalue weighted by atomic mass is 10.0. The van der Waals surface area contributed by atoms with Gasteiger partial charge in [0.25, 0.3) is 0 Å². The molecular formula is C17H21ClN2O. The van der Waals surface area contributed by atoms with Crippen molar-refractivity contribution >= 4 is 23.8 Å². The van der Waals surface area contributed by atoms with E-state index in [1.165, 1.54) is 5.56 Å². The van der Waals surface area contributed by atoms with Gasteiger partial charge < -0.3 is 15.0 Å². The molecule has 2 aromatic rings. The maximum atomic E-state index is 6.24. The van der Waals surface area contributed by atoms with Crippen LogP contribution in [0.15, 0.2) is 48.5 Å². The topological polar surface area (TPSA) is 24.5 Å². The number of rotatable bonds is 3. The molecule has 1 atom stereocenters. The van der Waals surface area contributed by atoms with Crippen molar-refractivity contribution in [3.8, 4) is 5.75 Å². The molecule has 112 valence electrons. The molecule has 2 aromatic carbocycles. The number of nitrogens with zero attached hydrogens (tertiary/aromatic N) is 1. The van der Waals surface area contributed by atoms with Gasteiger partial charge in [-0.2, -0.15) is 0 Å². The Balaban J connectivity index is 0.00000161. The van der Waals surface area contributed by atoms with Crippen LogP contribution in [0.5, 0.6) is 5.75 Å². The van der Waals surface area contributed by atoms with Gasteiger partial charge >= 0.3 is 0 Å². The monoisotopic (exact) mass is 304 g/mol. The normalized spacial score (nSPS) is 15.9. The first kappa shape index (κ1) is 15.7. The van der Waals surface area contributed by atoms with Crippen molar-refractivity contribution in [1.29, 1.82) is 0 Å². The molecule has 21 heavy (non-hydrogen) atoms. The van der Waals surface area contributed by atoms with Gasteiger partial charge in [0.05, 0.1) is 5.69 Å². The maximum absolute atomic E-state index is 6.24. The van der Waals surface area contributed by atoms with E-state index in [9.17, 15) is 0 Å². The van der Waals surface area contributed by atoms with Gasteiger partial charge in [-0.1, -0.05) is 30.3 Å². The molecule has 1 unspecified atom stereocenters. The van der Waals surface area contributed by atoms with E-state index in [1.807, 2.05) is 18.2 Å². The summed E-state index contributed by atoms with van der Waals surface area (Å²) in [6.45, 7) is 1.00. The second-order valence-corrected chi connectivity index (χ2v) is 5.41. The number of benzene rings is 2. The van der Waals surface area contributed by atoms with Gasteiger partial charge in [-0.25, -0.2) is 0 Å².